The number of aliphatic hydroxyl groups is 2. The molecule has 3 nitrogen and oxygen atoms in total. The molecule has 2 N–H and O–H groups in total. The van der Waals surface area contributed by atoms with E-state index in [0.717, 1.165) is 32.1 Å². The van der Waals surface area contributed by atoms with Crippen LogP contribution in [0.2, 0.25) is 0 Å². The number of rotatable bonds is 7. The summed E-state index contributed by atoms with van der Waals surface area (Å²) in [5, 5.41) is 20.8. The number of carbonyl (C=O) groups excluding carboxylic acids is 1. The summed E-state index contributed by atoms with van der Waals surface area (Å²) in [6, 6.07) is 0. The Balaban J connectivity index is 1.46. The fourth-order valence-electron chi connectivity index (χ4n) is 7.36. The number of carbonyl (C=O) groups is 1. The number of ketones is 1. The highest BCUT2D eigenvalue weighted by Gasteiger charge is 2.53. The van der Waals surface area contributed by atoms with Crippen LogP contribution in [0.3, 0.4) is 0 Å². The smallest absolute Gasteiger partial charge is 0.141 e. The molecule has 0 aromatic carbocycles. The quantitative estimate of drug-likeness (QED) is 0.435. The van der Waals surface area contributed by atoms with Gasteiger partial charge >= 0.3 is 0 Å². The molecule has 0 aliphatic heterocycles. The molecule has 0 radical (unpaired) electrons. The van der Waals surface area contributed by atoms with E-state index in [4.69, 9.17) is 0 Å². The molecule has 182 valence electrons. The summed E-state index contributed by atoms with van der Waals surface area (Å²) in [5.74, 6) is 1.83. The summed E-state index contributed by atoms with van der Waals surface area (Å²) in [4.78, 5) is 12.3. The topological polar surface area (TPSA) is 57.5 Å². The third kappa shape index (κ3) is 4.73. The normalized spacial score (nSPS) is 38.0. The molecular formula is C30H44O3. The lowest BCUT2D eigenvalue weighted by atomic mass is 9.61. The summed E-state index contributed by atoms with van der Waals surface area (Å²) in [6.07, 6.45) is 18.7. The molecule has 0 unspecified atom stereocenters. The van der Waals surface area contributed by atoms with Gasteiger partial charge in [0.1, 0.15) is 5.78 Å². The molecule has 0 spiro atoms. The maximum atomic E-state index is 12.3. The van der Waals surface area contributed by atoms with Crippen molar-refractivity contribution in [3.05, 3.63) is 47.6 Å². The minimum atomic E-state index is -0.634. The Labute approximate surface area is 200 Å². The standard InChI is InChI=1S/C30H44O3/c1-5-27(32)30(17-18-30)28(33)15-9-21(3)25-13-14-26-22(7-6-16-29(25,26)4)10-11-23-19-24(31)12-8-20(23)2/h9-11,15,21,24-26,28,31,33H,2,5-8,12-14,16-19H2,1,3-4H3/t21-,24+,25-,26+,28+,29-/m1/s1. The Morgan fingerprint density at radius 2 is 1.91 bits per heavy atom. The second kappa shape index (κ2) is 9.66. The van der Waals surface area contributed by atoms with Gasteiger partial charge in [0, 0.05) is 6.42 Å². The Morgan fingerprint density at radius 1 is 1.15 bits per heavy atom. The predicted molar refractivity (Wildman–Crippen MR) is 135 cm³/mol. The zero-order chi connectivity index (χ0) is 23.8. The molecule has 4 aliphatic rings. The molecule has 0 heterocycles. The molecule has 0 aromatic heterocycles. The highest BCUT2D eigenvalue weighted by molar-refractivity contribution is 5.88. The minimum absolute atomic E-state index is 0.213. The third-order valence-corrected chi connectivity index (χ3v) is 9.69. The van der Waals surface area contributed by atoms with Crippen molar-refractivity contribution in [3.63, 3.8) is 0 Å². The van der Waals surface area contributed by atoms with E-state index in [1.165, 1.54) is 43.3 Å². The van der Waals surface area contributed by atoms with Gasteiger partial charge in [-0.25, -0.2) is 0 Å². The average molecular weight is 453 g/mol. The van der Waals surface area contributed by atoms with E-state index >= 15 is 0 Å². The summed E-state index contributed by atoms with van der Waals surface area (Å²) in [7, 11) is 0. The first-order valence-electron chi connectivity index (χ1n) is 13.4. The van der Waals surface area contributed by atoms with Gasteiger partial charge in [0.2, 0.25) is 0 Å². The first-order chi connectivity index (χ1) is 15.7. The molecule has 4 fully saturated rings. The van der Waals surface area contributed by atoms with Crippen LogP contribution >= 0.6 is 0 Å². The average Bonchev–Trinajstić information content (AvgIpc) is 3.53. The van der Waals surface area contributed by atoms with Crippen molar-refractivity contribution in [1.82, 2.24) is 0 Å². The van der Waals surface area contributed by atoms with Gasteiger partial charge in [0.15, 0.2) is 0 Å². The van der Waals surface area contributed by atoms with Gasteiger partial charge in [-0.2, -0.15) is 0 Å². The van der Waals surface area contributed by atoms with Crippen LogP contribution in [0.1, 0.15) is 91.4 Å². The fraction of sp³-hybridized carbons (Fsp3) is 0.700. The lowest BCUT2D eigenvalue weighted by Crippen LogP contribution is -2.35. The largest absolute Gasteiger partial charge is 0.393 e. The van der Waals surface area contributed by atoms with E-state index in [1.807, 2.05) is 13.0 Å². The van der Waals surface area contributed by atoms with Crippen LogP contribution < -0.4 is 0 Å². The minimum Gasteiger partial charge on any atom is -0.393 e. The summed E-state index contributed by atoms with van der Waals surface area (Å²) in [6.45, 7) is 10.9. The number of allylic oxidation sites excluding steroid dienone is 5. The van der Waals surface area contributed by atoms with Crippen LogP contribution in [0.5, 0.6) is 0 Å². The molecule has 0 bridgehead atoms. The fourth-order valence-corrected chi connectivity index (χ4v) is 7.36. The van der Waals surface area contributed by atoms with Crippen LogP contribution in [-0.2, 0) is 4.79 Å². The van der Waals surface area contributed by atoms with Crippen molar-refractivity contribution in [2.24, 2.45) is 28.6 Å². The molecule has 33 heavy (non-hydrogen) atoms. The highest BCUT2D eigenvalue weighted by Crippen LogP contribution is 2.59. The van der Waals surface area contributed by atoms with E-state index in [2.05, 4.69) is 38.7 Å². The van der Waals surface area contributed by atoms with Crippen LogP contribution in [0.25, 0.3) is 0 Å². The van der Waals surface area contributed by atoms with Crippen molar-refractivity contribution in [2.45, 2.75) is 104 Å². The van der Waals surface area contributed by atoms with E-state index in [-0.39, 0.29) is 17.3 Å². The van der Waals surface area contributed by atoms with E-state index in [1.54, 1.807) is 5.57 Å². The molecule has 4 rings (SSSR count). The van der Waals surface area contributed by atoms with Crippen LogP contribution in [0.4, 0.5) is 0 Å². The van der Waals surface area contributed by atoms with E-state index in [0.29, 0.717) is 24.2 Å². The summed E-state index contributed by atoms with van der Waals surface area (Å²) in [5.41, 5.74) is 3.79. The molecule has 3 heteroatoms. The van der Waals surface area contributed by atoms with Crippen LogP contribution in [0, 0.1) is 28.6 Å². The zero-order valence-corrected chi connectivity index (χ0v) is 21.0. The maximum absolute atomic E-state index is 12.3. The van der Waals surface area contributed by atoms with E-state index < -0.39 is 11.5 Å². The second-order valence-corrected chi connectivity index (χ2v) is 11.7. The van der Waals surface area contributed by atoms with Gasteiger partial charge in [0.25, 0.3) is 0 Å². The van der Waals surface area contributed by atoms with Gasteiger partial charge in [-0.05, 0) is 93.0 Å². The van der Waals surface area contributed by atoms with Crippen molar-refractivity contribution in [1.29, 1.82) is 0 Å². The van der Waals surface area contributed by atoms with Crippen molar-refractivity contribution < 1.29 is 15.0 Å². The Kier molecular flexibility index (Phi) is 7.22. The van der Waals surface area contributed by atoms with Crippen molar-refractivity contribution in [3.8, 4) is 0 Å². The first kappa shape index (κ1) is 24.7. The predicted octanol–water partition coefficient (Wildman–Crippen LogP) is 6.47. The molecule has 6 atom stereocenters. The van der Waals surface area contributed by atoms with Gasteiger partial charge in [-0.3, -0.25) is 4.79 Å². The third-order valence-electron chi connectivity index (χ3n) is 9.69. The number of fused-ring (bicyclic) bond motifs is 1. The monoisotopic (exact) mass is 452 g/mol. The maximum Gasteiger partial charge on any atom is 0.141 e. The lowest BCUT2D eigenvalue weighted by Gasteiger charge is -2.44. The molecule has 4 saturated carbocycles. The van der Waals surface area contributed by atoms with E-state index in [9.17, 15) is 15.0 Å². The first-order valence-corrected chi connectivity index (χ1v) is 13.4. The van der Waals surface area contributed by atoms with Crippen molar-refractivity contribution >= 4 is 5.78 Å². The van der Waals surface area contributed by atoms with Gasteiger partial charge in [-0.15, -0.1) is 0 Å². The Morgan fingerprint density at radius 3 is 2.61 bits per heavy atom. The Bertz CT molecular complexity index is 858. The SMILES string of the molecule is C=C1CC[C@H](O)CC1=CC=C1CCC[C@]2(C)[C@@H]([C@H](C)C=C[C@H](O)C3(C(=O)CC)CC3)CC[C@@H]12. The number of aliphatic hydroxyl groups excluding tert-OH is 2. The Hall–Kier alpha value is -1.45. The molecule has 0 amide bonds. The molecule has 0 saturated heterocycles. The number of hydrogen-bond donors (Lipinski definition) is 2. The zero-order valence-electron chi connectivity index (χ0n) is 21.0. The summed E-state index contributed by atoms with van der Waals surface area (Å²) < 4.78 is 0. The van der Waals surface area contributed by atoms with Gasteiger partial charge in [-0.1, -0.05) is 62.8 Å². The molecule has 4 aliphatic carbocycles. The van der Waals surface area contributed by atoms with Crippen molar-refractivity contribution in [2.75, 3.05) is 0 Å². The second-order valence-electron chi connectivity index (χ2n) is 11.7. The van der Waals surface area contributed by atoms with Crippen LogP contribution in [-0.4, -0.2) is 28.2 Å². The summed E-state index contributed by atoms with van der Waals surface area (Å²) >= 11 is 0. The highest BCUT2D eigenvalue weighted by atomic mass is 16.3. The van der Waals surface area contributed by atoms with Crippen LogP contribution in [0.15, 0.2) is 47.6 Å². The van der Waals surface area contributed by atoms with Gasteiger partial charge in [0.05, 0.1) is 17.6 Å². The molecular weight excluding hydrogens is 408 g/mol. The lowest BCUT2D eigenvalue weighted by molar-refractivity contribution is -0.126. The molecule has 0 aromatic rings. The number of hydrogen-bond acceptors (Lipinski definition) is 3. The van der Waals surface area contributed by atoms with Gasteiger partial charge < -0.3 is 10.2 Å². The number of Topliss-reactive ketones (excluding diaryl/α,β-unsaturated/α-hetero) is 1.